The van der Waals surface area contributed by atoms with Crippen molar-refractivity contribution in [3.05, 3.63) is 111 Å². The molecule has 374 valence electrons. The van der Waals surface area contributed by atoms with Crippen LogP contribution in [-0.4, -0.2) is 110 Å². The Balaban J connectivity index is 0.984. The number of nitrogens with one attached hydrogen (secondary N) is 1. The average Bonchev–Trinajstić information content (AvgIpc) is 3.63. The molecule has 0 radical (unpaired) electrons. The fourth-order valence-corrected chi connectivity index (χ4v) is 10.2. The average molecular weight is 971 g/mol. The number of hydrogen-bond donors (Lipinski definition) is 4. The summed E-state index contributed by atoms with van der Waals surface area (Å²) in [6.07, 6.45) is 13.5. The van der Waals surface area contributed by atoms with Crippen molar-refractivity contribution in [3.63, 3.8) is 0 Å². The van der Waals surface area contributed by atoms with Gasteiger partial charge in [-0.1, -0.05) is 49.8 Å². The zero-order valence-corrected chi connectivity index (χ0v) is 42.7. The van der Waals surface area contributed by atoms with E-state index >= 15 is 0 Å². The molecule has 0 fully saturated rings. The number of hydrogen-bond acceptors (Lipinski definition) is 10. The summed E-state index contributed by atoms with van der Waals surface area (Å²) in [5, 5.41) is 22.5. The number of carboxylic acid groups (broad SMARTS) is 1. The minimum atomic E-state index is -4.40. The number of unbranched alkanes of at least 4 members (excludes halogenated alkanes) is 2. The van der Waals surface area contributed by atoms with E-state index < -0.39 is 27.1 Å². The molecule has 3 aliphatic rings. The minimum Gasteiger partial charge on any atom is -0.507 e. The van der Waals surface area contributed by atoms with Gasteiger partial charge in [0.2, 0.25) is 5.69 Å². The van der Waals surface area contributed by atoms with E-state index in [0.29, 0.717) is 84.3 Å². The maximum absolute atomic E-state index is 13.2. The van der Waals surface area contributed by atoms with Crippen LogP contribution in [0.1, 0.15) is 106 Å². The van der Waals surface area contributed by atoms with Crippen LogP contribution in [0.25, 0.3) is 0 Å². The number of phenols is 1. The van der Waals surface area contributed by atoms with E-state index in [1.54, 1.807) is 19.1 Å². The highest BCUT2D eigenvalue weighted by Gasteiger charge is 2.45. The highest BCUT2D eigenvalue weighted by Crippen LogP contribution is 2.48. The first-order chi connectivity index (χ1) is 32.6. The summed E-state index contributed by atoms with van der Waals surface area (Å²) in [5.74, 6) is -0.0264. The SMILES string of the molecule is Cc1ccc2c(c1)C(C)(C)C(=CC=CC=CC1=[N+](CCCCCC(=O)O)c3ccc(S(=O)(=O)O)cc3C1(C)C)N2CCOCCOCCOCCNC(=O)C1(C)CCc2c(C)c(O)c(C)c(C)c2O1. The van der Waals surface area contributed by atoms with Crippen molar-refractivity contribution in [1.82, 2.24) is 5.32 Å². The first-order valence-corrected chi connectivity index (χ1v) is 25.5. The molecule has 3 aromatic rings. The molecule has 0 aliphatic carbocycles. The van der Waals surface area contributed by atoms with Crippen LogP contribution < -0.4 is 15.0 Å². The molecule has 6 rings (SSSR count). The molecule has 69 heavy (non-hydrogen) atoms. The number of carboxylic acids is 1. The number of benzene rings is 3. The molecule has 3 heterocycles. The van der Waals surface area contributed by atoms with Crippen LogP contribution in [0, 0.1) is 27.7 Å². The first-order valence-electron chi connectivity index (χ1n) is 24.0. The fraction of sp³-hybridized carbons (Fsp3) is 0.500. The molecule has 1 amide bonds. The van der Waals surface area contributed by atoms with Gasteiger partial charge in [-0.25, -0.2) is 0 Å². The lowest BCUT2D eigenvalue weighted by atomic mass is 9.81. The Bertz CT molecular complexity index is 2650. The van der Waals surface area contributed by atoms with Crippen molar-refractivity contribution in [3.8, 4) is 11.5 Å². The van der Waals surface area contributed by atoms with Crippen molar-refractivity contribution in [2.24, 2.45) is 0 Å². The Hall–Kier alpha value is -5.32. The predicted octanol–water partition coefficient (Wildman–Crippen LogP) is 8.64. The number of anilines is 1. The van der Waals surface area contributed by atoms with Crippen LogP contribution >= 0.6 is 0 Å². The Labute approximate surface area is 408 Å². The van der Waals surface area contributed by atoms with Crippen LogP contribution in [0.3, 0.4) is 0 Å². The fourth-order valence-electron chi connectivity index (χ4n) is 9.70. The number of carbonyl (C=O) groups excluding carboxylic acids is 1. The van der Waals surface area contributed by atoms with Crippen molar-refractivity contribution >= 4 is 39.1 Å². The third kappa shape index (κ3) is 12.0. The lowest BCUT2D eigenvalue weighted by Crippen LogP contribution is -2.51. The van der Waals surface area contributed by atoms with Crippen molar-refractivity contribution in [1.29, 1.82) is 0 Å². The van der Waals surface area contributed by atoms with Gasteiger partial charge in [0, 0.05) is 72.4 Å². The normalized spacial score (nSPS) is 18.8. The van der Waals surface area contributed by atoms with E-state index in [2.05, 4.69) is 59.8 Å². The third-order valence-corrected chi connectivity index (χ3v) is 14.8. The molecule has 0 aromatic heterocycles. The molecule has 4 N–H and O–H groups in total. The third-order valence-electron chi connectivity index (χ3n) is 13.9. The Morgan fingerprint density at radius 1 is 0.826 bits per heavy atom. The van der Waals surface area contributed by atoms with Gasteiger partial charge in [-0.15, -0.1) is 0 Å². The molecule has 14 nitrogen and oxygen atoms in total. The van der Waals surface area contributed by atoms with Crippen LogP contribution in [0.2, 0.25) is 0 Å². The summed E-state index contributed by atoms with van der Waals surface area (Å²) in [5.41, 5.74) is 8.86. The van der Waals surface area contributed by atoms with E-state index in [1.165, 1.54) is 17.2 Å². The maximum Gasteiger partial charge on any atom is 0.303 e. The van der Waals surface area contributed by atoms with Crippen molar-refractivity contribution in [2.75, 3.05) is 64.2 Å². The van der Waals surface area contributed by atoms with Gasteiger partial charge in [0.25, 0.3) is 16.0 Å². The van der Waals surface area contributed by atoms with E-state index in [4.69, 9.17) is 24.1 Å². The smallest absolute Gasteiger partial charge is 0.303 e. The summed E-state index contributed by atoms with van der Waals surface area (Å²) >= 11 is 0. The largest absolute Gasteiger partial charge is 0.507 e. The molecule has 3 aromatic carbocycles. The van der Waals surface area contributed by atoms with Gasteiger partial charge >= 0.3 is 5.97 Å². The highest BCUT2D eigenvalue weighted by atomic mass is 32.2. The summed E-state index contributed by atoms with van der Waals surface area (Å²) in [6, 6.07) is 11.2. The van der Waals surface area contributed by atoms with E-state index in [1.807, 2.05) is 58.9 Å². The number of nitrogens with zero attached hydrogens (tertiary/aromatic N) is 2. The number of aliphatic carboxylic acids is 1. The van der Waals surface area contributed by atoms with Gasteiger partial charge in [-0.2, -0.15) is 13.0 Å². The second kappa shape index (κ2) is 22.2. The topological polar surface area (TPSA) is 184 Å². The zero-order chi connectivity index (χ0) is 50.3. The van der Waals surface area contributed by atoms with E-state index in [-0.39, 0.29) is 28.4 Å². The lowest BCUT2D eigenvalue weighted by molar-refractivity contribution is -0.438. The second-order valence-electron chi connectivity index (χ2n) is 19.6. The van der Waals surface area contributed by atoms with Crippen molar-refractivity contribution in [2.45, 2.75) is 122 Å². The summed E-state index contributed by atoms with van der Waals surface area (Å²) in [7, 11) is -4.40. The van der Waals surface area contributed by atoms with Gasteiger partial charge in [0.15, 0.2) is 11.3 Å². The van der Waals surface area contributed by atoms with Crippen molar-refractivity contribution < 1.29 is 56.3 Å². The number of carbonyl (C=O) groups is 2. The van der Waals surface area contributed by atoms with Gasteiger partial charge < -0.3 is 39.4 Å². The van der Waals surface area contributed by atoms with Crippen LogP contribution in [-0.2, 0) is 51.2 Å². The molecule has 1 unspecified atom stereocenters. The number of rotatable bonds is 23. The van der Waals surface area contributed by atoms with E-state index in [0.717, 1.165) is 63.4 Å². The molecule has 0 saturated carbocycles. The molecule has 0 saturated heterocycles. The van der Waals surface area contributed by atoms with Gasteiger partial charge in [-0.05, 0) is 114 Å². The second-order valence-corrected chi connectivity index (χ2v) is 21.0. The molecule has 0 bridgehead atoms. The van der Waals surface area contributed by atoms with Crippen LogP contribution in [0.5, 0.6) is 11.5 Å². The Morgan fingerprint density at radius 2 is 1.52 bits per heavy atom. The Morgan fingerprint density at radius 3 is 2.22 bits per heavy atom. The van der Waals surface area contributed by atoms with Gasteiger partial charge in [-0.3, -0.25) is 14.1 Å². The summed E-state index contributed by atoms with van der Waals surface area (Å²) in [4.78, 5) is 26.4. The number of fused-ring (bicyclic) bond motifs is 3. The molecule has 3 aliphatic heterocycles. The molecular weight excluding hydrogens is 899 g/mol. The molecule has 15 heteroatoms. The predicted molar refractivity (Wildman–Crippen MR) is 268 cm³/mol. The number of amides is 1. The van der Waals surface area contributed by atoms with Crippen LogP contribution in [0.15, 0.2) is 77.4 Å². The number of aryl methyl sites for hydroxylation is 1. The molecular formula is C54H72N3O11S+. The van der Waals surface area contributed by atoms with Gasteiger partial charge in [0.05, 0.1) is 50.0 Å². The Kier molecular flexibility index (Phi) is 17.1. The quantitative estimate of drug-likeness (QED) is 0.0308. The maximum atomic E-state index is 13.2. The molecule has 1 atom stereocenters. The minimum absolute atomic E-state index is 0.115. The first kappa shape index (κ1) is 53.0. The number of ether oxygens (including phenoxy) is 4. The number of allylic oxidation sites excluding steroid dienone is 6. The van der Waals surface area contributed by atoms with Gasteiger partial charge in [0.1, 0.15) is 18.0 Å². The number of phenolic OH excluding ortho intramolecular Hbond substituents is 1. The highest BCUT2D eigenvalue weighted by molar-refractivity contribution is 7.85. The lowest BCUT2D eigenvalue weighted by Gasteiger charge is -2.36. The number of aromatic hydroxyl groups is 1. The zero-order valence-electron chi connectivity index (χ0n) is 41.9. The van der Waals surface area contributed by atoms with E-state index in [9.17, 15) is 27.7 Å². The summed E-state index contributed by atoms with van der Waals surface area (Å²) in [6.45, 7) is 22.1. The standard InChI is InChI=1S/C54H71N3O11S/c1-36-19-21-44-42(34-36)52(5,6)47(17-13-10-12-16-46-53(7,8)43-35-40(69(62,63)64)20-22-45(43)56(46)26-15-11-14-18-48(58)59)57(44)27-29-66-31-33-67-32-30-65-28-25-55-51(61)54(9)24-23-41-39(4)49(60)37(2)38(3)50(41)68-54/h10,12-13,16-17,19-22,34-35H,11,14-15,18,23-33H2,1-9H3,(H3-,55,58,59,60,61,62,63,64)/p+1. The molecule has 0 spiro atoms. The van der Waals surface area contributed by atoms with Crippen LogP contribution in [0.4, 0.5) is 11.4 Å². The summed E-state index contributed by atoms with van der Waals surface area (Å²) < 4.78 is 60.0. The monoisotopic (exact) mass is 970 g/mol.